The van der Waals surface area contributed by atoms with Gasteiger partial charge in [-0.15, -0.1) is 0 Å². The molecule has 0 bridgehead atoms. The SMILES string of the molecule is CCOCCC#CCO. The molecule has 0 spiro atoms. The molecule has 1 N–H and O–H groups in total. The normalized spacial score (nSPS) is 8.22. The fraction of sp³-hybridized carbons (Fsp3) is 0.714. The van der Waals surface area contributed by atoms with Gasteiger partial charge in [-0.2, -0.15) is 0 Å². The number of hydrogen-bond acceptors (Lipinski definition) is 2. The van der Waals surface area contributed by atoms with Crippen molar-refractivity contribution in [2.24, 2.45) is 0 Å². The van der Waals surface area contributed by atoms with Crippen LogP contribution in [0.5, 0.6) is 0 Å². The molecule has 0 atom stereocenters. The monoisotopic (exact) mass is 128 g/mol. The fourth-order valence-corrected chi connectivity index (χ4v) is 0.412. The molecule has 0 aliphatic heterocycles. The minimum Gasteiger partial charge on any atom is -0.384 e. The molecule has 0 radical (unpaired) electrons. The van der Waals surface area contributed by atoms with Gasteiger partial charge in [0.2, 0.25) is 0 Å². The summed E-state index contributed by atoms with van der Waals surface area (Å²) in [6.07, 6.45) is 0.717. The fourth-order valence-electron chi connectivity index (χ4n) is 0.412. The van der Waals surface area contributed by atoms with Gasteiger partial charge in [-0.1, -0.05) is 11.8 Å². The van der Waals surface area contributed by atoms with Crippen LogP contribution in [-0.4, -0.2) is 24.9 Å². The molecule has 0 aromatic heterocycles. The minimum absolute atomic E-state index is 0.0495. The van der Waals surface area contributed by atoms with E-state index in [4.69, 9.17) is 9.84 Å². The summed E-state index contributed by atoms with van der Waals surface area (Å²) in [6, 6.07) is 0. The van der Waals surface area contributed by atoms with Gasteiger partial charge in [-0.25, -0.2) is 0 Å². The number of ether oxygens (including phenoxy) is 1. The van der Waals surface area contributed by atoms with Gasteiger partial charge >= 0.3 is 0 Å². The first kappa shape index (κ1) is 8.48. The zero-order valence-corrected chi connectivity index (χ0v) is 5.68. The van der Waals surface area contributed by atoms with E-state index in [2.05, 4.69) is 11.8 Å². The molecule has 2 nitrogen and oxygen atoms in total. The standard InChI is InChI=1S/C7H12O2/c1-2-9-7-5-3-4-6-8/h8H,2,5-7H2,1H3. The van der Waals surface area contributed by atoms with E-state index in [1.165, 1.54) is 0 Å². The van der Waals surface area contributed by atoms with Gasteiger partial charge in [0.05, 0.1) is 6.61 Å². The topological polar surface area (TPSA) is 29.5 Å². The summed E-state index contributed by atoms with van der Waals surface area (Å²) in [6.45, 7) is 3.30. The summed E-state index contributed by atoms with van der Waals surface area (Å²) < 4.78 is 5.00. The van der Waals surface area contributed by atoms with Gasteiger partial charge in [0.15, 0.2) is 0 Å². The van der Waals surface area contributed by atoms with Crippen molar-refractivity contribution in [3.63, 3.8) is 0 Å². The van der Waals surface area contributed by atoms with Crippen LogP contribution in [0.15, 0.2) is 0 Å². The van der Waals surface area contributed by atoms with Crippen LogP contribution >= 0.6 is 0 Å². The molecule has 2 heteroatoms. The first-order chi connectivity index (χ1) is 4.41. The number of rotatable bonds is 3. The van der Waals surface area contributed by atoms with Crippen LogP contribution in [0.1, 0.15) is 13.3 Å². The van der Waals surface area contributed by atoms with Gasteiger partial charge in [0, 0.05) is 13.0 Å². The zero-order chi connectivity index (χ0) is 6.95. The van der Waals surface area contributed by atoms with E-state index in [1.54, 1.807) is 0 Å². The van der Waals surface area contributed by atoms with E-state index in [9.17, 15) is 0 Å². The van der Waals surface area contributed by atoms with E-state index in [0.717, 1.165) is 6.61 Å². The lowest BCUT2D eigenvalue weighted by Gasteiger charge is -1.92. The van der Waals surface area contributed by atoms with Gasteiger partial charge in [0.25, 0.3) is 0 Å². The third-order valence-corrected chi connectivity index (χ3v) is 0.780. The Kier molecular flexibility index (Phi) is 7.05. The van der Waals surface area contributed by atoms with Crippen molar-refractivity contribution in [2.75, 3.05) is 19.8 Å². The van der Waals surface area contributed by atoms with Crippen LogP contribution in [0.2, 0.25) is 0 Å². The van der Waals surface area contributed by atoms with Crippen LogP contribution in [0.4, 0.5) is 0 Å². The van der Waals surface area contributed by atoms with Gasteiger partial charge < -0.3 is 9.84 Å². The molecule has 0 aliphatic carbocycles. The van der Waals surface area contributed by atoms with Crippen LogP contribution in [0.3, 0.4) is 0 Å². The van der Waals surface area contributed by atoms with E-state index in [0.29, 0.717) is 13.0 Å². The van der Waals surface area contributed by atoms with Crippen molar-refractivity contribution in [3.05, 3.63) is 0 Å². The van der Waals surface area contributed by atoms with Crippen molar-refractivity contribution in [1.82, 2.24) is 0 Å². The Morgan fingerprint density at radius 1 is 1.44 bits per heavy atom. The Morgan fingerprint density at radius 3 is 2.78 bits per heavy atom. The lowest BCUT2D eigenvalue weighted by atomic mass is 10.4. The molecular formula is C7H12O2. The molecule has 0 saturated heterocycles. The van der Waals surface area contributed by atoms with E-state index < -0.39 is 0 Å². The first-order valence-corrected chi connectivity index (χ1v) is 3.06. The Labute approximate surface area is 55.8 Å². The average Bonchev–Trinajstić information content (AvgIpc) is 1.89. The summed E-state index contributed by atoms with van der Waals surface area (Å²) in [4.78, 5) is 0. The highest BCUT2D eigenvalue weighted by Gasteiger charge is 1.77. The number of hydrogen-bond donors (Lipinski definition) is 1. The molecule has 0 aliphatic rings. The second-order valence-corrected chi connectivity index (χ2v) is 1.46. The smallest absolute Gasteiger partial charge is 0.104 e. The van der Waals surface area contributed by atoms with E-state index in [1.807, 2.05) is 6.92 Å². The van der Waals surface area contributed by atoms with Crippen LogP contribution < -0.4 is 0 Å². The van der Waals surface area contributed by atoms with Crippen molar-refractivity contribution >= 4 is 0 Å². The number of aliphatic hydroxyl groups excluding tert-OH is 1. The summed E-state index contributed by atoms with van der Waals surface area (Å²) in [5, 5.41) is 8.21. The lowest BCUT2D eigenvalue weighted by Crippen LogP contribution is -1.90. The van der Waals surface area contributed by atoms with Gasteiger partial charge in [0.1, 0.15) is 6.61 Å². The van der Waals surface area contributed by atoms with Crippen molar-refractivity contribution < 1.29 is 9.84 Å². The molecule has 0 aromatic rings. The van der Waals surface area contributed by atoms with Gasteiger partial charge in [-0.05, 0) is 6.92 Å². The summed E-state index contributed by atoms with van der Waals surface area (Å²) in [5.74, 6) is 5.28. The predicted molar refractivity (Wildman–Crippen MR) is 36.0 cm³/mol. The zero-order valence-electron chi connectivity index (χ0n) is 5.68. The first-order valence-electron chi connectivity index (χ1n) is 3.06. The molecular weight excluding hydrogens is 116 g/mol. The Balaban J connectivity index is 2.90. The third-order valence-electron chi connectivity index (χ3n) is 0.780. The van der Waals surface area contributed by atoms with E-state index >= 15 is 0 Å². The maximum atomic E-state index is 8.21. The quantitative estimate of drug-likeness (QED) is 0.440. The predicted octanol–water partition coefficient (Wildman–Crippen LogP) is 0.409. The molecule has 0 heterocycles. The Hall–Kier alpha value is -0.520. The van der Waals surface area contributed by atoms with Gasteiger partial charge in [-0.3, -0.25) is 0 Å². The summed E-state index contributed by atoms with van der Waals surface area (Å²) in [5.41, 5.74) is 0. The molecule has 52 valence electrons. The Bertz CT molecular complexity index is 99.2. The lowest BCUT2D eigenvalue weighted by molar-refractivity contribution is 0.154. The van der Waals surface area contributed by atoms with Crippen LogP contribution in [-0.2, 0) is 4.74 Å². The second kappa shape index (κ2) is 7.48. The van der Waals surface area contributed by atoms with E-state index in [-0.39, 0.29) is 6.61 Å². The Morgan fingerprint density at radius 2 is 2.22 bits per heavy atom. The number of aliphatic hydroxyl groups is 1. The summed E-state index contributed by atoms with van der Waals surface area (Å²) in [7, 11) is 0. The highest BCUT2D eigenvalue weighted by Crippen LogP contribution is 1.77. The average molecular weight is 128 g/mol. The largest absolute Gasteiger partial charge is 0.384 e. The van der Waals surface area contributed by atoms with Crippen LogP contribution in [0, 0.1) is 11.8 Å². The van der Waals surface area contributed by atoms with Crippen molar-refractivity contribution in [1.29, 1.82) is 0 Å². The molecule has 0 unspecified atom stereocenters. The molecule has 0 saturated carbocycles. The van der Waals surface area contributed by atoms with Crippen molar-refractivity contribution in [2.45, 2.75) is 13.3 Å². The summed E-state index contributed by atoms with van der Waals surface area (Å²) >= 11 is 0. The minimum atomic E-state index is -0.0495. The molecule has 0 fully saturated rings. The third kappa shape index (κ3) is 7.48. The molecule has 0 aromatic carbocycles. The molecule has 0 amide bonds. The highest BCUT2D eigenvalue weighted by molar-refractivity contribution is 4.98. The maximum Gasteiger partial charge on any atom is 0.104 e. The van der Waals surface area contributed by atoms with Crippen LogP contribution in [0.25, 0.3) is 0 Å². The highest BCUT2D eigenvalue weighted by atomic mass is 16.5. The van der Waals surface area contributed by atoms with Crippen molar-refractivity contribution in [3.8, 4) is 11.8 Å². The second-order valence-electron chi connectivity index (χ2n) is 1.46. The molecule has 0 rings (SSSR count). The maximum absolute atomic E-state index is 8.21. The molecule has 9 heavy (non-hydrogen) atoms.